The average molecular weight is 278 g/mol. The van der Waals surface area contributed by atoms with Crippen LogP contribution in [0.4, 0.5) is 5.69 Å². The van der Waals surface area contributed by atoms with Gasteiger partial charge in [-0.2, -0.15) is 5.10 Å². The van der Waals surface area contributed by atoms with Crippen LogP contribution in [0.15, 0.2) is 29.4 Å². The zero-order valence-corrected chi connectivity index (χ0v) is 12.4. The predicted octanol–water partition coefficient (Wildman–Crippen LogP) is 2.48. The highest BCUT2D eigenvalue weighted by Gasteiger charge is 2.03. The van der Waals surface area contributed by atoms with Crippen LogP contribution in [0.25, 0.3) is 0 Å². The molecular weight excluding hydrogens is 256 g/mol. The molecule has 0 saturated carbocycles. The molecule has 0 unspecified atom stereocenters. The Hall–Kier alpha value is -1.62. The van der Waals surface area contributed by atoms with Crippen LogP contribution in [-0.4, -0.2) is 24.4 Å². The van der Waals surface area contributed by atoms with Gasteiger partial charge >= 0.3 is 0 Å². The van der Waals surface area contributed by atoms with E-state index in [0.717, 1.165) is 31.5 Å². The van der Waals surface area contributed by atoms with E-state index in [1.54, 1.807) is 6.21 Å². The quantitative estimate of drug-likeness (QED) is 0.457. The maximum absolute atomic E-state index is 5.29. The Morgan fingerprint density at radius 1 is 1.26 bits per heavy atom. The molecule has 0 fully saturated rings. The van der Waals surface area contributed by atoms with Crippen molar-refractivity contribution in [3.8, 4) is 0 Å². The third-order valence-electron chi connectivity index (χ3n) is 2.63. The summed E-state index contributed by atoms with van der Waals surface area (Å²) < 4.78 is 0. The molecule has 0 atom stereocenters. The maximum atomic E-state index is 5.29. The summed E-state index contributed by atoms with van der Waals surface area (Å²) in [6, 6.07) is 8.32. The van der Waals surface area contributed by atoms with Gasteiger partial charge in [-0.25, -0.2) is 0 Å². The molecule has 0 aromatic heterocycles. The third kappa shape index (κ3) is 5.70. The standard InChI is InChI=1S/C14H22N4S/c1-3-9-18(10-4-2)13-7-5-12(6-8-13)11-16-17-14(15)19/h5-8,11H,3-4,9-10H2,1-2H3,(H3,15,17,19). The first-order chi connectivity index (χ1) is 9.17. The molecule has 0 aliphatic carbocycles. The number of benzene rings is 1. The van der Waals surface area contributed by atoms with Gasteiger partial charge in [0, 0.05) is 18.8 Å². The molecule has 0 saturated heterocycles. The van der Waals surface area contributed by atoms with E-state index in [1.807, 2.05) is 12.1 Å². The molecule has 0 heterocycles. The second kappa shape index (κ2) is 8.48. The van der Waals surface area contributed by atoms with E-state index in [0.29, 0.717) is 0 Å². The van der Waals surface area contributed by atoms with E-state index < -0.39 is 0 Å². The molecule has 0 aliphatic rings. The Balaban J connectivity index is 2.68. The topological polar surface area (TPSA) is 53.6 Å². The van der Waals surface area contributed by atoms with Gasteiger partial charge in [0.2, 0.25) is 0 Å². The van der Waals surface area contributed by atoms with Gasteiger partial charge in [-0.05, 0) is 42.8 Å². The van der Waals surface area contributed by atoms with E-state index in [9.17, 15) is 0 Å². The molecule has 0 aliphatic heterocycles. The first-order valence-electron chi connectivity index (χ1n) is 6.60. The van der Waals surface area contributed by atoms with Gasteiger partial charge in [0.15, 0.2) is 5.11 Å². The summed E-state index contributed by atoms with van der Waals surface area (Å²) in [5.41, 5.74) is 10.1. The number of anilines is 1. The lowest BCUT2D eigenvalue weighted by Gasteiger charge is -2.23. The van der Waals surface area contributed by atoms with Gasteiger partial charge in [-0.3, -0.25) is 5.43 Å². The van der Waals surface area contributed by atoms with Gasteiger partial charge < -0.3 is 10.6 Å². The fraction of sp³-hybridized carbons (Fsp3) is 0.429. The second-order valence-electron chi connectivity index (χ2n) is 4.31. The fourth-order valence-electron chi connectivity index (χ4n) is 1.85. The Morgan fingerprint density at radius 3 is 2.32 bits per heavy atom. The first kappa shape index (κ1) is 15.4. The normalized spacial score (nSPS) is 10.6. The van der Waals surface area contributed by atoms with Crippen LogP contribution in [-0.2, 0) is 0 Å². The molecule has 0 amide bonds. The van der Waals surface area contributed by atoms with Gasteiger partial charge in [0.25, 0.3) is 0 Å². The minimum Gasteiger partial charge on any atom is -0.375 e. The second-order valence-corrected chi connectivity index (χ2v) is 4.75. The molecule has 104 valence electrons. The minimum absolute atomic E-state index is 0.171. The van der Waals surface area contributed by atoms with Crippen molar-refractivity contribution in [3.63, 3.8) is 0 Å². The van der Waals surface area contributed by atoms with Crippen LogP contribution in [0.5, 0.6) is 0 Å². The molecular formula is C14H22N4S. The Morgan fingerprint density at radius 2 is 1.84 bits per heavy atom. The van der Waals surface area contributed by atoms with Crippen LogP contribution in [0, 0.1) is 0 Å². The summed E-state index contributed by atoms with van der Waals surface area (Å²) in [5.74, 6) is 0. The number of nitrogens with one attached hydrogen (secondary N) is 1. The molecule has 3 N–H and O–H groups in total. The summed E-state index contributed by atoms with van der Waals surface area (Å²) in [7, 11) is 0. The SMILES string of the molecule is CCCN(CCC)c1ccc(C=NNC(N)=S)cc1. The van der Waals surface area contributed by atoms with Crippen LogP contribution >= 0.6 is 12.2 Å². The molecule has 0 radical (unpaired) electrons. The lowest BCUT2D eigenvalue weighted by molar-refractivity contribution is 0.745. The maximum Gasteiger partial charge on any atom is 0.184 e. The number of nitrogens with two attached hydrogens (primary N) is 1. The number of hydrazone groups is 1. The summed E-state index contributed by atoms with van der Waals surface area (Å²) >= 11 is 4.67. The van der Waals surface area contributed by atoms with Crippen molar-refractivity contribution in [3.05, 3.63) is 29.8 Å². The number of nitrogens with zero attached hydrogens (tertiary/aromatic N) is 2. The molecule has 5 heteroatoms. The van der Waals surface area contributed by atoms with Gasteiger partial charge in [-0.15, -0.1) is 0 Å². The first-order valence-corrected chi connectivity index (χ1v) is 7.01. The van der Waals surface area contributed by atoms with E-state index in [2.05, 4.69) is 53.6 Å². The fourth-order valence-corrected chi connectivity index (χ4v) is 1.90. The Labute approximate surface area is 120 Å². The smallest absolute Gasteiger partial charge is 0.184 e. The van der Waals surface area contributed by atoms with E-state index in [-0.39, 0.29) is 5.11 Å². The van der Waals surface area contributed by atoms with Gasteiger partial charge in [0.1, 0.15) is 0 Å². The molecule has 19 heavy (non-hydrogen) atoms. The monoisotopic (exact) mass is 278 g/mol. The summed E-state index contributed by atoms with van der Waals surface area (Å²) in [5, 5.41) is 4.10. The number of hydrogen-bond donors (Lipinski definition) is 2. The number of thiocarbonyl (C=S) groups is 1. The van der Waals surface area contributed by atoms with E-state index >= 15 is 0 Å². The largest absolute Gasteiger partial charge is 0.375 e. The zero-order chi connectivity index (χ0) is 14.1. The summed E-state index contributed by atoms with van der Waals surface area (Å²) in [4.78, 5) is 2.40. The van der Waals surface area contributed by atoms with Gasteiger partial charge in [0.05, 0.1) is 6.21 Å². The van der Waals surface area contributed by atoms with E-state index in [4.69, 9.17) is 5.73 Å². The minimum atomic E-state index is 0.171. The van der Waals surface area contributed by atoms with Crippen molar-refractivity contribution in [2.24, 2.45) is 10.8 Å². The van der Waals surface area contributed by atoms with E-state index in [1.165, 1.54) is 5.69 Å². The number of rotatable bonds is 7. The Kier molecular flexibility index (Phi) is 6.89. The van der Waals surface area contributed by atoms with Crippen molar-refractivity contribution in [2.75, 3.05) is 18.0 Å². The van der Waals surface area contributed by atoms with Crippen molar-refractivity contribution in [1.29, 1.82) is 0 Å². The molecule has 1 rings (SSSR count). The molecule has 0 spiro atoms. The molecule has 4 nitrogen and oxygen atoms in total. The van der Waals surface area contributed by atoms with Crippen LogP contribution in [0.1, 0.15) is 32.3 Å². The van der Waals surface area contributed by atoms with Crippen molar-refractivity contribution < 1.29 is 0 Å². The molecule has 0 bridgehead atoms. The van der Waals surface area contributed by atoms with Crippen LogP contribution in [0.3, 0.4) is 0 Å². The van der Waals surface area contributed by atoms with Crippen molar-refractivity contribution >= 4 is 29.2 Å². The zero-order valence-electron chi connectivity index (χ0n) is 11.6. The van der Waals surface area contributed by atoms with Crippen molar-refractivity contribution in [1.82, 2.24) is 5.43 Å². The Bertz CT molecular complexity index is 408. The predicted molar refractivity (Wildman–Crippen MR) is 86.8 cm³/mol. The lowest BCUT2D eigenvalue weighted by atomic mass is 10.2. The van der Waals surface area contributed by atoms with Gasteiger partial charge in [-0.1, -0.05) is 26.0 Å². The lowest BCUT2D eigenvalue weighted by Crippen LogP contribution is -2.24. The van der Waals surface area contributed by atoms with Crippen LogP contribution in [0.2, 0.25) is 0 Å². The highest BCUT2D eigenvalue weighted by molar-refractivity contribution is 7.80. The summed E-state index contributed by atoms with van der Waals surface area (Å²) in [6.07, 6.45) is 4.01. The molecule has 1 aromatic carbocycles. The molecule has 1 aromatic rings. The highest BCUT2D eigenvalue weighted by Crippen LogP contribution is 2.15. The third-order valence-corrected chi connectivity index (χ3v) is 2.72. The average Bonchev–Trinajstić information content (AvgIpc) is 2.39. The summed E-state index contributed by atoms with van der Waals surface area (Å²) in [6.45, 7) is 6.57. The van der Waals surface area contributed by atoms with Crippen LogP contribution < -0.4 is 16.1 Å². The highest BCUT2D eigenvalue weighted by atomic mass is 32.1. The van der Waals surface area contributed by atoms with Crippen molar-refractivity contribution in [2.45, 2.75) is 26.7 Å². The number of hydrogen-bond acceptors (Lipinski definition) is 3.